The maximum Gasteiger partial charge on any atom is 0.156 e. The van der Waals surface area contributed by atoms with E-state index in [0.29, 0.717) is 5.82 Å². The van der Waals surface area contributed by atoms with E-state index in [2.05, 4.69) is 15.1 Å². The van der Waals surface area contributed by atoms with Crippen LogP contribution in [0.1, 0.15) is 31.1 Å². The van der Waals surface area contributed by atoms with Gasteiger partial charge in [-0.25, -0.2) is 9.97 Å². The van der Waals surface area contributed by atoms with Gasteiger partial charge in [0.15, 0.2) is 11.6 Å². The maximum absolute atomic E-state index is 9.61. The zero-order valence-corrected chi connectivity index (χ0v) is 12.2. The highest BCUT2D eigenvalue weighted by Gasteiger charge is 2.12. The number of aromatic nitrogens is 4. The normalized spacial score (nSPS) is 11.2. The van der Waals surface area contributed by atoms with Crippen molar-refractivity contribution >= 4 is 10.9 Å². The first-order valence-corrected chi connectivity index (χ1v) is 7.21. The molecular weight excluding hydrogens is 264 g/mol. The third-order valence-corrected chi connectivity index (χ3v) is 3.53. The minimum atomic E-state index is -0.0210. The first kappa shape index (κ1) is 13.7. The zero-order chi connectivity index (χ0) is 14.8. The van der Waals surface area contributed by atoms with Crippen molar-refractivity contribution in [1.29, 1.82) is 0 Å². The summed E-state index contributed by atoms with van der Waals surface area (Å²) in [5, 5.41) is 15.1. The first-order valence-electron chi connectivity index (χ1n) is 7.21. The summed E-state index contributed by atoms with van der Waals surface area (Å²) in [6.45, 7) is 4.06. The monoisotopic (exact) mass is 282 g/mol. The third-order valence-electron chi connectivity index (χ3n) is 3.53. The van der Waals surface area contributed by atoms with Gasteiger partial charge in [0.1, 0.15) is 5.82 Å². The molecule has 21 heavy (non-hydrogen) atoms. The lowest BCUT2D eigenvalue weighted by molar-refractivity contribution is 0.283. The molecule has 2 heterocycles. The van der Waals surface area contributed by atoms with Gasteiger partial charge < -0.3 is 5.11 Å². The number of rotatable bonds is 4. The Morgan fingerprint density at radius 1 is 1.10 bits per heavy atom. The van der Waals surface area contributed by atoms with Crippen LogP contribution in [-0.4, -0.2) is 24.9 Å². The van der Waals surface area contributed by atoms with Gasteiger partial charge in [-0.15, -0.1) is 5.10 Å². The summed E-state index contributed by atoms with van der Waals surface area (Å²) in [7, 11) is 0. The molecule has 0 aliphatic rings. The lowest BCUT2D eigenvalue weighted by Gasteiger charge is -2.09. The number of aryl methyl sites for hydroxylation is 2. The summed E-state index contributed by atoms with van der Waals surface area (Å²) in [4.78, 5) is 9.17. The van der Waals surface area contributed by atoms with E-state index in [-0.39, 0.29) is 6.61 Å². The Hall–Kier alpha value is -2.27. The molecule has 1 N–H and O–H groups in total. The van der Waals surface area contributed by atoms with Gasteiger partial charge in [-0.2, -0.15) is 4.68 Å². The van der Waals surface area contributed by atoms with Crippen LogP contribution in [-0.2, 0) is 19.4 Å². The molecule has 3 rings (SSSR count). The molecule has 0 bridgehead atoms. The summed E-state index contributed by atoms with van der Waals surface area (Å²) in [5.41, 5.74) is 1.71. The number of fused-ring (bicyclic) bond motifs is 1. The SMILES string of the molecule is CCc1nc(CC)n(-c2cc(CO)c3ccccc3n2)n1. The molecule has 0 aliphatic heterocycles. The quantitative estimate of drug-likeness (QED) is 0.798. The van der Waals surface area contributed by atoms with Crippen molar-refractivity contribution in [3.63, 3.8) is 0 Å². The Balaban J connectivity index is 2.23. The van der Waals surface area contributed by atoms with Crippen LogP contribution in [0.15, 0.2) is 30.3 Å². The fourth-order valence-corrected chi connectivity index (χ4v) is 2.43. The molecule has 0 unspecified atom stereocenters. The highest BCUT2D eigenvalue weighted by atomic mass is 16.3. The smallest absolute Gasteiger partial charge is 0.156 e. The molecule has 0 fully saturated rings. The van der Waals surface area contributed by atoms with E-state index in [9.17, 15) is 5.11 Å². The highest BCUT2D eigenvalue weighted by molar-refractivity contribution is 5.83. The molecule has 0 radical (unpaired) electrons. The van der Waals surface area contributed by atoms with E-state index >= 15 is 0 Å². The highest BCUT2D eigenvalue weighted by Crippen LogP contribution is 2.21. The van der Waals surface area contributed by atoms with Crippen molar-refractivity contribution in [2.24, 2.45) is 0 Å². The van der Waals surface area contributed by atoms with Gasteiger partial charge in [0.2, 0.25) is 0 Å². The van der Waals surface area contributed by atoms with Crippen LogP contribution in [0.25, 0.3) is 16.7 Å². The van der Waals surface area contributed by atoms with Gasteiger partial charge in [-0.05, 0) is 17.7 Å². The number of aliphatic hydroxyl groups excluding tert-OH is 1. The average molecular weight is 282 g/mol. The summed E-state index contributed by atoms with van der Waals surface area (Å²) in [6.07, 6.45) is 1.58. The predicted octanol–water partition coefficient (Wildman–Crippen LogP) is 2.43. The van der Waals surface area contributed by atoms with Crippen LogP contribution in [0.2, 0.25) is 0 Å². The van der Waals surface area contributed by atoms with E-state index in [1.165, 1.54) is 0 Å². The lowest BCUT2D eigenvalue weighted by atomic mass is 10.1. The van der Waals surface area contributed by atoms with Gasteiger partial charge in [0.25, 0.3) is 0 Å². The molecule has 2 aromatic heterocycles. The van der Waals surface area contributed by atoms with Crippen LogP contribution in [0.3, 0.4) is 0 Å². The predicted molar refractivity (Wildman–Crippen MR) is 81.3 cm³/mol. The van der Waals surface area contributed by atoms with Crippen molar-refractivity contribution < 1.29 is 5.11 Å². The van der Waals surface area contributed by atoms with Gasteiger partial charge >= 0.3 is 0 Å². The molecule has 0 spiro atoms. The summed E-state index contributed by atoms with van der Waals surface area (Å²) in [6, 6.07) is 9.69. The van der Waals surface area contributed by atoms with Crippen LogP contribution < -0.4 is 0 Å². The number of nitrogens with zero attached hydrogens (tertiary/aromatic N) is 4. The van der Waals surface area contributed by atoms with Crippen molar-refractivity contribution in [2.45, 2.75) is 33.3 Å². The molecular formula is C16H18N4O. The minimum absolute atomic E-state index is 0.0210. The zero-order valence-electron chi connectivity index (χ0n) is 12.2. The molecule has 0 aliphatic carbocycles. The fourth-order valence-electron chi connectivity index (χ4n) is 2.43. The molecule has 5 heteroatoms. The second-order valence-corrected chi connectivity index (χ2v) is 4.88. The Morgan fingerprint density at radius 3 is 2.62 bits per heavy atom. The first-order chi connectivity index (χ1) is 10.3. The van der Waals surface area contributed by atoms with E-state index in [1.54, 1.807) is 4.68 Å². The summed E-state index contributed by atoms with van der Waals surface area (Å²) >= 11 is 0. The molecule has 5 nitrogen and oxygen atoms in total. The van der Waals surface area contributed by atoms with Gasteiger partial charge in [0.05, 0.1) is 12.1 Å². The second-order valence-electron chi connectivity index (χ2n) is 4.88. The number of hydrogen-bond donors (Lipinski definition) is 1. The summed E-state index contributed by atoms with van der Waals surface area (Å²) in [5.74, 6) is 2.41. The van der Waals surface area contributed by atoms with E-state index < -0.39 is 0 Å². The molecule has 3 aromatic rings. The van der Waals surface area contributed by atoms with Gasteiger partial charge in [-0.1, -0.05) is 32.0 Å². The second kappa shape index (κ2) is 5.61. The van der Waals surface area contributed by atoms with Gasteiger partial charge in [0, 0.05) is 18.2 Å². The molecule has 0 saturated heterocycles. The van der Waals surface area contributed by atoms with Crippen molar-refractivity contribution in [3.05, 3.63) is 47.5 Å². The topological polar surface area (TPSA) is 63.8 Å². The molecule has 0 amide bonds. The van der Waals surface area contributed by atoms with Gasteiger partial charge in [-0.3, -0.25) is 0 Å². The number of para-hydroxylation sites is 1. The van der Waals surface area contributed by atoms with Crippen LogP contribution in [0, 0.1) is 0 Å². The third kappa shape index (κ3) is 2.40. The van der Waals surface area contributed by atoms with Crippen molar-refractivity contribution in [3.8, 4) is 5.82 Å². The molecule has 1 aromatic carbocycles. The van der Waals surface area contributed by atoms with Crippen LogP contribution >= 0.6 is 0 Å². The van der Waals surface area contributed by atoms with E-state index in [0.717, 1.165) is 41.0 Å². The number of aliphatic hydroxyl groups is 1. The molecule has 108 valence electrons. The standard InChI is InChI=1S/C16H18N4O/c1-3-14-18-15(4-2)20(19-14)16-9-11(10-21)12-7-5-6-8-13(12)17-16/h5-9,21H,3-4,10H2,1-2H3. The molecule has 0 atom stereocenters. The minimum Gasteiger partial charge on any atom is -0.392 e. The average Bonchev–Trinajstić information content (AvgIpc) is 2.97. The van der Waals surface area contributed by atoms with Crippen LogP contribution in [0.4, 0.5) is 0 Å². The summed E-state index contributed by atoms with van der Waals surface area (Å²) < 4.78 is 1.78. The van der Waals surface area contributed by atoms with Crippen molar-refractivity contribution in [1.82, 2.24) is 19.7 Å². The van der Waals surface area contributed by atoms with E-state index in [1.807, 2.05) is 44.2 Å². The lowest BCUT2D eigenvalue weighted by Crippen LogP contribution is -2.06. The fraction of sp³-hybridized carbons (Fsp3) is 0.312. The van der Waals surface area contributed by atoms with E-state index in [4.69, 9.17) is 0 Å². The Morgan fingerprint density at radius 2 is 1.90 bits per heavy atom. The largest absolute Gasteiger partial charge is 0.392 e. The Kier molecular flexibility index (Phi) is 3.66. The number of pyridine rings is 1. The maximum atomic E-state index is 9.61. The van der Waals surface area contributed by atoms with Crippen molar-refractivity contribution in [2.75, 3.05) is 0 Å². The number of benzene rings is 1. The number of hydrogen-bond acceptors (Lipinski definition) is 4. The Bertz CT molecular complexity index is 779. The molecule has 0 saturated carbocycles. The van der Waals surface area contributed by atoms with Crippen LogP contribution in [0.5, 0.6) is 0 Å². The Labute approximate surface area is 123 Å².